The number of carbonyl (C=O) groups is 1. The molecule has 1 saturated heterocycles. The summed E-state index contributed by atoms with van der Waals surface area (Å²) in [6.45, 7) is 8.35. The zero-order valence-electron chi connectivity index (χ0n) is 11.9. The Kier molecular flexibility index (Phi) is 4.63. The molecule has 1 aliphatic heterocycles. The number of aryl methyl sites for hydroxylation is 2. The van der Waals surface area contributed by atoms with Gasteiger partial charge < -0.3 is 0 Å². The van der Waals surface area contributed by atoms with Gasteiger partial charge >= 0.3 is 0 Å². The quantitative estimate of drug-likeness (QED) is 0.834. The highest BCUT2D eigenvalue weighted by Crippen LogP contribution is 2.27. The molecule has 1 aromatic rings. The lowest BCUT2D eigenvalue weighted by Gasteiger charge is -2.24. The molecule has 0 radical (unpaired) electrons. The van der Waals surface area contributed by atoms with E-state index >= 15 is 0 Å². The normalized spacial score (nSPS) is 20.1. The third-order valence-electron chi connectivity index (χ3n) is 3.83. The molecule has 1 unspecified atom stereocenters. The van der Waals surface area contributed by atoms with E-state index in [1.165, 1.54) is 0 Å². The highest BCUT2D eigenvalue weighted by molar-refractivity contribution is 6.31. The van der Waals surface area contributed by atoms with E-state index in [4.69, 9.17) is 11.6 Å². The summed E-state index contributed by atoms with van der Waals surface area (Å²) in [5.41, 5.74) is 1.97. The molecule has 0 bridgehead atoms. The van der Waals surface area contributed by atoms with Gasteiger partial charge in [-0.05, 0) is 40.2 Å². The first-order chi connectivity index (χ1) is 9.02. The summed E-state index contributed by atoms with van der Waals surface area (Å²) < 4.78 is 1.97. The van der Waals surface area contributed by atoms with E-state index in [9.17, 15) is 4.79 Å². The number of carbonyl (C=O) groups excluding carboxylic acids is 1. The number of ketones is 1. The van der Waals surface area contributed by atoms with Crippen molar-refractivity contribution in [3.05, 3.63) is 16.4 Å². The van der Waals surface area contributed by atoms with Crippen molar-refractivity contribution in [2.24, 2.45) is 0 Å². The Morgan fingerprint density at radius 1 is 1.53 bits per heavy atom. The topological polar surface area (TPSA) is 38.1 Å². The second-order valence-corrected chi connectivity index (χ2v) is 5.71. The summed E-state index contributed by atoms with van der Waals surface area (Å²) in [6.07, 6.45) is 2.92. The molecule has 4 nitrogen and oxygen atoms in total. The van der Waals surface area contributed by atoms with Gasteiger partial charge in [-0.15, -0.1) is 0 Å². The molecule has 1 fully saturated rings. The summed E-state index contributed by atoms with van der Waals surface area (Å²) in [4.78, 5) is 13.7. The van der Waals surface area contributed by atoms with Crippen LogP contribution in [0.15, 0.2) is 0 Å². The predicted octanol–water partition coefficient (Wildman–Crippen LogP) is 2.81. The average Bonchev–Trinajstić information content (AvgIpc) is 2.88. The molecule has 0 N–H and O–H groups in total. The maximum atomic E-state index is 11.3. The van der Waals surface area contributed by atoms with Gasteiger partial charge in [0.15, 0.2) is 0 Å². The van der Waals surface area contributed by atoms with Crippen LogP contribution in [0.3, 0.4) is 0 Å². The van der Waals surface area contributed by atoms with Crippen LogP contribution in [-0.2, 0) is 17.9 Å². The molecule has 0 saturated carbocycles. The minimum Gasteiger partial charge on any atom is -0.300 e. The van der Waals surface area contributed by atoms with Crippen molar-refractivity contribution in [3.63, 3.8) is 0 Å². The highest BCUT2D eigenvalue weighted by atomic mass is 35.5. The second kappa shape index (κ2) is 6.06. The van der Waals surface area contributed by atoms with Crippen LogP contribution in [0.25, 0.3) is 0 Å². The Balaban J connectivity index is 2.14. The van der Waals surface area contributed by atoms with Gasteiger partial charge in [0.1, 0.15) is 5.78 Å². The fraction of sp³-hybridized carbons (Fsp3) is 0.714. The molecule has 1 aromatic heterocycles. The van der Waals surface area contributed by atoms with Gasteiger partial charge in [-0.25, -0.2) is 0 Å². The van der Waals surface area contributed by atoms with E-state index in [2.05, 4.69) is 16.9 Å². The minimum atomic E-state index is 0.267. The number of aromatic nitrogens is 2. The molecular weight excluding hydrogens is 262 g/mol. The van der Waals surface area contributed by atoms with Crippen molar-refractivity contribution in [2.75, 3.05) is 6.54 Å². The highest BCUT2D eigenvalue weighted by Gasteiger charge is 2.27. The van der Waals surface area contributed by atoms with Crippen molar-refractivity contribution in [1.82, 2.24) is 14.7 Å². The molecule has 2 rings (SSSR count). The van der Waals surface area contributed by atoms with E-state index in [0.717, 1.165) is 48.9 Å². The average molecular weight is 284 g/mol. The first-order valence-corrected chi connectivity index (χ1v) is 7.36. The second-order valence-electron chi connectivity index (χ2n) is 5.33. The van der Waals surface area contributed by atoms with Crippen LogP contribution in [0.2, 0.25) is 5.02 Å². The fourth-order valence-corrected chi connectivity index (χ4v) is 3.07. The fourth-order valence-electron chi connectivity index (χ4n) is 2.88. The molecule has 2 heterocycles. The lowest BCUT2D eigenvalue weighted by atomic mass is 10.1. The van der Waals surface area contributed by atoms with Crippen LogP contribution >= 0.6 is 11.6 Å². The summed E-state index contributed by atoms with van der Waals surface area (Å²) >= 11 is 6.35. The molecule has 0 spiro atoms. The largest absolute Gasteiger partial charge is 0.300 e. The van der Waals surface area contributed by atoms with E-state index in [1.54, 1.807) is 6.92 Å². The molecule has 5 heteroatoms. The summed E-state index contributed by atoms with van der Waals surface area (Å²) in [7, 11) is 0. The Morgan fingerprint density at radius 2 is 2.26 bits per heavy atom. The third-order valence-corrected chi connectivity index (χ3v) is 4.32. The predicted molar refractivity (Wildman–Crippen MR) is 76.4 cm³/mol. The molecule has 19 heavy (non-hydrogen) atoms. The van der Waals surface area contributed by atoms with Gasteiger partial charge in [0.05, 0.1) is 16.4 Å². The third kappa shape index (κ3) is 3.18. The number of hydrogen-bond donors (Lipinski definition) is 0. The molecule has 0 aromatic carbocycles. The van der Waals surface area contributed by atoms with Gasteiger partial charge in [0, 0.05) is 25.6 Å². The number of rotatable bonds is 5. The summed E-state index contributed by atoms with van der Waals surface area (Å²) in [6, 6.07) is 0.370. The summed E-state index contributed by atoms with van der Waals surface area (Å²) in [5.74, 6) is 0.267. The van der Waals surface area contributed by atoms with Crippen molar-refractivity contribution in [1.29, 1.82) is 0 Å². The van der Waals surface area contributed by atoms with Gasteiger partial charge in [0.25, 0.3) is 0 Å². The Morgan fingerprint density at radius 3 is 2.89 bits per heavy atom. The number of halogens is 1. The van der Waals surface area contributed by atoms with Crippen molar-refractivity contribution < 1.29 is 4.79 Å². The molecule has 1 atom stereocenters. The van der Waals surface area contributed by atoms with Crippen molar-refractivity contribution in [3.8, 4) is 0 Å². The Bertz CT molecular complexity index is 470. The molecule has 1 aliphatic rings. The summed E-state index contributed by atoms with van der Waals surface area (Å²) in [5, 5.41) is 5.22. The van der Waals surface area contributed by atoms with Crippen LogP contribution in [0.4, 0.5) is 0 Å². The zero-order chi connectivity index (χ0) is 14.0. The van der Waals surface area contributed by atoms with E-state index in [-0.39, 0.29) is 5.78 Å². The van der Waals surface area contributed by atoms with Gasteiger partial charge in [0.2, 0.25) is 0 Å². The van der Waals surface area contributed by atoms with Crippen molar-refractivity contribution >= 4 is 17.4 Å². The van der Waals surface area contributed by atoms with Crippen LogP contribution in [-0.4, -0.2) is 33.1 Å². The van der Waals surface area contributed by atoms with Crippen LogP contribution in [0.5, 0.6) is 0 Å². The SMILES string of the molecule is CCn1nc(C)c(Cl)c1CN1CCCC1CC(C)=O. The molecule has 106 valence electrons. The molecule has 0 aliphatic carbocycles. The van der Waals surface area contributed by atoms with Gasteiger partial charge in [-0.2, -0.15) is 5.10 Å². The maximum absolute atomic E-state index is 11.3. The lowest BCUT2D eigenvalue weighted by molar-refractivity contribution is -0.118. The molecule has 0 amide bonds. The van der Waals surface area contributed by atoms with Gasteiger partial charge in [-0.3, -0.25) is 14.4 Å². The monoisotopic (exact) mass is 283 g/mol. The zero-order valence-corrected chi connectivity index (χ0v) is 12.7. The Hall–Kier alpha value is -0.870. The first-order valence-electron chi connectivity index (χ1n) is 6.98. The van der Waals surface area contributed by atoms with E-state index in [0.29, 0.717) is 12.5 Å². The lowest BCUT2D eigenvalue weighted by Crippen LogP contribution is -2.31. The Labute approximate surface area is 119 Å². The van der Waals surface area contributed by atoms with Crippen molar-refractivity contribution in [2.45, 2.75) is 59.2 Å². The van der Waals surface area contributed by atoms with Gasteiger partial charge in [-0.1, -0.05) is 11.6 Å². The number of Topliss-reactive ketones (excluding diaryl/α,β-unsaturated/α-hetero) is 1. The maximum Gasteiger partial charge on any atom is 0.131 e. The van der Waals surface area contributed by atoms with Crippen LogP contribution in [0, 0.1) is 6.92 Å². The van der Waals surface area contributed by atoms with Crippen LogP contribution in [0.1, 0.15) is 44.5 Å². The smallest absolute Gasteiger partial charge is 0.131 e. The van der Waals surface area contributed by atoms with Crippen LogP contribution < -0.4 is 0 Å². The number of hydrogen-bond acceptors (Lipinski definition) is 3. The number of likely N-dealkylation sites (tertiary alicyclic amines) is 1. The minimum absolute atomic E-state index is 0.267. The standard InChI is InChI=1S/C14H22ClN3O/c1-4-18-13(14(15)11(3)16-18)9-17-7-5-6-12(17)8-10(2)19/h12H,4-9H2,1-3H3. The molecular formula is C14H22ClN3O. The van der Waals surface area contributed by atoms with E-state index < -0.39 is 0 Å². The van der Waals surface area contributed by atoms with E-state index in [1.807, 2.05) is 11.6 Å². The number of nitrogens with zero attached hydrogens (tertiary/aromatic N) is 3. The first kappa shape index (κ1) is 14.5.